The molecule has 2 rings (SSSR count). The average Bonchev–Trinajstić information content (AvgIpc) is 2.91. The predicted molar refractivity (Wildman–Crippen MR) is 98.7 cm³/mol. The SMILES string of the molecule is CCOC(=O)c1c(NC(=O)Cn2cc(C(F)(F)F)ccc2=O)sc(CC)c1C. The highest BCUT2D eigenvalue weighted by Crippen LogP contribution is 2.34. The zero-order valence-electron chi connectivity index (χ0n) is 15.5. The summed E-state index contributed by atoms with van der Waals surface area (Å²) >= 11 is 1.19. The van der Waals surface area contributed by atoms with E-state index < -0.39 is 35.7 Å². The second-order valence-electron chi connectivity index (χ2n) is 5.86. The fourth-order valence-corrected chi connectivity index (χ4v) is 3.73. The van der Waals surface area contributed by atoms with E-state index in [-0.39, 0.29) is 17.2 Å². The van der Waals surface area contributed by atoms with Crippen LogP contribution in [0.4, 0.5) is 18.2 Å². The molecule has 0 aliphatic carbocycles. The number of rotatable bonds is 6. The number of hydrogen-bond acceptors (Lipinski definition) is 5. The highest BCUT2D eigenvalue weighted by atomic mass is 32.1. The van der Waals surface area contributed by atoms with Gasteiger partial charge in [0, 0.05) is 17.1 Å². The van der Waals surface area contributed by atoms with Gasteiger partial charge >= 0.3 is 12.1 Å². The molecule has 0 spiro atoms. The monoisotopic (exact) mass is 416 g/mol. The first-order chi connectivity index (χ1) is 13.1. The van der Waals surface area contributed by atoms with Crippen molar-refractivity contribution < 1.29 is 27.5 Å². The minimum absolute atomic E-state index is 0.155. The lowest BCUT2D eigenvalue weighted by molar-refractivity contribution is -0.138. The van der Waals surface area contributed by atoms with Gasteiger partial charge in [-0.1, -0.05) is 6.92 Å². The fourth-order valence-electron chi connectivity index (χ4n) is 2.58. The van der Waals surface area contributed by atoms with Gasteiger partial charge in [-0.3, -0.25) is 9.59 Å². The number of alkyl halides is 3. The van der Waals surface area contributed by atoms with Crippen LogP contribution >= 0.6 is 11.3 Å². The summed E-state index contributed by atoms with van der Waals surface area (Å²) in [6.45, 7) is 4.81. The number of pyridine rings is 1. The fraction of sp³-hybridized carbons (Fsp3) is 0.389. The number of nitrogens with zero attached hydrogens (tertiary/aromatic N) is 1. The van der Waals surface area contributed by atoms with Crippen molar-refractivity contribution in [1.82, 2.24) is 4.57 Å². The highest BCUT2D eigenvalue weighted by molar-refractivity contribution is 7.17. The molecule has 0 atom stereocenters. The van der Waals surface area contributed by atoms with Gasteiger partial charge in [-0.25, -0.2) is 4.79 Å². The Morgan fingerprint density at radius 1 is 1.25 bits per heavy atom. The number of nitrogens with one attached hydrogen (secondary N) is 1. The Hall–Kier alpha value is -2.62. The van der Waals surface area contributed by atoms with Gasteiger partial charge in [0.25, 0.3) is 5.56 Å². The van der Waals surface area contributed by atoms with E-state index in [4.69, 9.17) is 4.74 Å². The number of aromatic nitrogens is 1. The van der Waals surface area contributed by atoms with Gasteiger partial charge in [-0.2, -0.15) is 13.2 Å². The van der Waals surface area contributed by atoms with Crippen LogP contribution in [0.25, 0.3) is 0 Å². The van der Waals surface area contributed by atoms with Crippen LogP contribution in [0, 0.1) is 6.92 Å². The molecule has 0 unspecified atom stereocenters. The first-order valence-corrected chi connectivity index (χ1v) is 9.27. The van der Waals surface area contributed by atoms with Gasteiger partial charge in [-0.15, -0.1) is 11.3 Å². The summed E-state index contributed by atoms with van der Waals surface area (Å²) in [5, 5.41) is 2.77. The van der Waals surface area contributed by atoms with Crippen LogP contribution in [-0.2, 0) is 28.7 Å². The maximum atomic E-state index is 12.8. The van der Waals surface area contributed by atoms with Gasteiger partial charge in [-0.05, 0) is 31.9 Å². The Kier molecular flexibility index (Phi) is 6.65. The molecule has 1 N–H and O–H groups in total. The quantitative estimate of drug-likeness (QED) is 0.730. The van der Waals surface area contributed by atoms with Crippen LogP contribution in [0.15, 0.2) is 23.1 Å². The molecular weight excluding hydrogens is 397 g/mol. The second-order valence-corrected chi connectivity index (χ2v) is 6.96. The first kappa shape index (κ1) is 21.7. The largest absolute Gasteiger partial charge is 0.462 e. The van der Waals surface area contributed by atoms with Gasteiger partial charge in [0.1, 0.15) is 11.5 Å². The Bertz CT molecular complexity index is 947. The van der Waals surface area contributed by atoms with Crippen LogP contribution in [0.2, 0.25) is 0 Å². The minimum atomic E-state index is -4.64. The van der Waals surface area contributed by atoms with E-state index in [0.29, 0.717) is 28.8 Å². The van der Waals surface area contributed by atoms with E-state index in [1.54, 1.807) is 13.8 Å². The summed E-state index contributed by atoms with van der Waals surface area (Å²) in [4.78, 5) is 37.2. The van der Waals surface area contributed by atoms with Crippen molar-refractivity contribution in [2.24, 2.45) is 0 Å². The van der Waals surface area contributed by atoms with Gasteiger partial charge in [0.15, 0.2) is 0 Å². The molecule has 2 aromatic heterocycles. The van der Waals surface area contributed by atoms with Crippen molar-refractivity contribution in [2.75, 3.05) is 11.9 Å². The number of amides is 1. The Balaban J connectivity index is 2.29. The van der Waals surface area contributed by atoms with Crippen LogP contribution in [-0.4, -0.2) is 23.1 Å². The second kappa shape index (κ2) is 8.59. The molecule has 0 saturated heterocycles. The molecule has 0 fully saturated rings. The van der Waals surface area contributed by atoms with Crippen LogP contribution < -0.4 is 10.9 Å². The van der Waals surface area contributed by atoms with Crippen LogP contribution in [0.3, 0.4) is 0 Å². The first-order valence-electron chi connectivity index (χ1n) is 8.45. The molecule has 6 nitrogen and oxygen atoms in total. The van der Waals surface area contributed by atoms with E-state index in [9.17, 15) is 27.6 Å². The molecule has 0 aliphatic rings. The summed E-state index contributed by atoms with van der Waals surface area (Å²) in [6, 6.07) is 1.41. The molecule has 0 bridgehead atoms. The lowest BCUT2D eigenvalue weighted by Gasteiger charge is -2.11. The molecule has 0 radical (unpaired) electrons. The molecular formula is C18H19F3N2O4S. The molecule has 152 valence electrons. The summed E-state index contributed by atoms with van der Waals surface area (Å²) in [5.74, 6) is -1.32. The number of esters is 1. The van der Waals surface area contributed by atoms with E-state index in [2.05, 4.69) is 5.32 Å². The maximum Gasteiger partial charge on any atom is 0.417 e. The lowest BCUT2D eigenvalue weighted by Crippen LogP contribution is -2.28. The van der Waals surface area contributed by atoms with Crippen molar-refractivity contribution >= 4 is 28.2 Å². The van der Waals surface area contributed by atoms with Gasteiger partial charge < -0.3 is 14.6 Å². The van der Waals surface area contributed by atoms with Crippen molar-refractivity contribution in [3.8, 4) is 0 Å². The Labute approximate surface area is 162 Å². The molecule has 2 aromatic rings. The third-order valence-corrected chi connectivity index (χ3v) is 5.28. The number of thiophene rings is 1. The summed E-state index contributed by atoms with van der Waals surface area (Å²) in [7, 11) is 0. The summed E-state index contributed by atoms with van der Waals surface area (Å²) in [5.41, 5.74) is -0.886. The van der Waals surface area contributed by atoms with Crippen molar-refractivity contribution in [2.45, 2.75) is 39.9 Å². The van der Waals surface area contributed by atoms with Crippen molar-refractivity contribution in [3.63, 3.8) is 0 Å². The topological polar surface area (TPSA) is 77.4 Å². The minimum Gasteiger partial charge on any atom is -0.462 e. The molecule has 1 amide bonds. The molecule has 2 heterocycles. The summed E-state index contributed by atoms with van der Waals surface area (Å²) in [6.07, 6.45) is -3.42. The maximum absolute atomic E-state index is 12.8. The van der Waals surface area contributed by atoms with E-state index in [1.807, 2.05) is 6.92 Å². The molecule has 28 heavy (non-hydrogen) atoms. The Morgan fingerprint density at radius 3 is 2.50 bits per heavy atom. The highest BCUT2D eigenvalue weighted by Gasteiger charge is 2.31. The number of hydrogen-bond donors (Lipinski definition) is 1. The Morgan fingerprint density at radius 2 is 1.93 bits per heavy atom. The third kappa shape index (κ3) is 4.80. The summed E-state index contributed by atoms with van der Waals surface area (Å²) < 4.78 is 44.1. The number of anilines is 1. The molecule has 0 saturated carbocycles. The van der Waals surface area contributed by atoms with Gasteiger partial charge in [0.2, 0.25) is 5.91 Å². The van der Waals surface area contributed by atoms with Crippen LogP contribution in [0.1, 0.15) is 40.2 Å². The molecule has 0 aliphatic heterocycles. The number of carbonyl (C=O) groups is 2. The van der Waals surface area contributed by atoms with E-state index in [1.165, 1.54) is 11.3 Å². The molecule has 10 heteroatoms. The smallest absolute Gasteiger partial charge is 0.417 e. The average molecular weight is 416 g/mol. The zero-order valence-corrected chi connectivity index (χ0v) is 16.3. The van der Waals surface area contributed by atoms with E-state index in [0.717, 1.165) is 10.9 Å². The van der Waals surface area contributed by atoms with Crippen molar-refractivity contribution in [3.05, 3.63) is 50.3 Å². The van der Waals surface area contributed by atoms with Crippen molar-refractivity contribution in [1.29, 1.82) is 0 Å². The number of aryl methyl sites for hydroxylation is 1. The van der Waals surface area contributed by atoms with Crippen LogP contribution in [0.5, 0.6) is 0 Å². The standard InChI is InChI=1S/C18H19F3N2O4S/c1-4-12-10(3)15(17(26)27-5-2)16(28-12)22-13(24)9-23-8-11(18(19,20)21)6-7-14(23)25/h6-8H,4-5,9H2,1-3H3,(H,22,24). The zero-order chi connectivity index (χ0) is 21.1. The number of halogens is 3. The number of ether oxygens (including phenoxy) is 1. The predicted octanol–water partition coefficient (Wildman–Crippen LogP) is 3.61. The number of carbonyl (C=O) groups excluding carboxylic acids is 2. The van der Waals surface area contributed by atoms with E-state index >= 15 is 0 Å². The normalized spacial score (nSPS) is 11.4. The van der Waals surface area contributed by atoms with Gasteiger partial charge in [0.05, 0.1) is 17.7 Å². The third-order valence-electron chi connectivity index (χ3n) is 3.92. The lowest BCUT2D eigenvalue weighted by atomic mass is 10.1. The molecule has 0 aromatic carbocycles.